The van der Waals surface area contributed by atoms with E-state index in [0.29, 0.717) is 18.9 Å². The van der Waals surface area contributed by atoms with Crippen LogP contribution in [0.4, 0.5) is 0 Å². The average molecular weight is 413 g/mol. The second-order valence-corrected chi connectivity index (χ2v) is 7.86. The molecule has 31 heavy (non-hydrogen) atoms. The third kappa shape index (κ3) is 3.50. The second kappa shape index (κ2) is 7.80. The number of hydrogen-bond acceptors (Lipinski definition) is 3. The van der Waals surface area contributed by atoms with Gasteiger partial charge in [-0.3, -0.25) is 14.2 Å². The van der Waals surface area contributed by atoms with Crippen molar-refractivity contribution in [2.75, 3.05) is 6.54 Å². The smallest absolute Gasteiger partial charge is 0.258 e. The highest BCUT2D eigenvalue weighted by molar-refractivity contribution is 5.87. The molecule has 0 saturated carbocycles. The maximum Gasteiger partial charge on any atom is 0.258 e. The van der Waals surface area contributed by atoms with Crippen molar-refractivity contribution in [3.63, 3.8) is 0 Å². The largest absolute Gasteiger partial charge is 0.489 e. The molecule has 0 unspecified atom stereocenters. The Labute approximate surface area is 179 Å². The van der Waals surface area contributed by atoms with Gasteiger partial charge in [-0.2, -0.15) is 0 Å². The number of pyridine rings is 1. The van der Waals surface area contributed by atoms with E-state index in [4.69, 9.17) is 4.74 Å². The predicted octanol–water partition coefficient (Wildman–Crippen LogP) is 3.42. The van der Waals surface area contributed by atoms with E-state index in [1.165, 1.54) is 17.3 Å². The van der Waals surface area contributed by atoms with Gasteiger partial charge in [-0.1, -0.05) is 36.4 Å². The molecule has 0 atom stereocenters. The Kier molecular flexibility index (Phi) is 4.82. The molecular formula is C25H23N3O3. The fourth-order valence-corrected chi connectivity index (χ4v) is 4.33. The van der Waals surface area contributed by atoms with E-state index in [2.05, 4.69) is 4.57 Å². The molecule has 2 aromatic heterocycles. The summed E-state index contributed by atoms with van der Waals surface area (Å²) in [5, 5.41) is 1.13. The van der Waals surface area contributed by atoms with Gasteiger partial charge < -0.3 is 14.2 Å². The number of carbonyl (C=O) groups is 1. The van der Waals surface area contributed by atoms with Crippen LogP contribution in [-0.2, 0) is 31.4 Å². The first-order valence-electron chi connectivity index (χ1n) is 10.3. The van der Waals surface area contributed by atoms with Gasteiger partial charge in [0.2, 0.25) is 6.41 Å². The van der Waals surface area contributed by atoms with E-state index in [1.54, 1.807) is 15.7 Å². The molecule has 0 saturated heterocycles. The normalized spacial score (nSPS) is 13.3. The topological polar surface area (TPSA) is 56.5 Å². The Hall–Kier alpha value is -3.80. The number of ether oxygens (including phenoxy) is 1. The highest BCUT2D eigenvalue weighted by Crippen LogP contribution is 2.31. The molecule has 1 amide bonds. The van der Waals surface area contributed by atoms with Crippen molar-refractivity contribution in [1.29, 1.82) is 0 Å². The van der Waals surface area contributed by atoms with Gasteiger partial charge in [-0.15, -0.1) is 0 Å². The molecular weight excluding hydrogens is 390 g/mol. The number of hydrogen-bond donors (Lipinski definition) is 0. The number of aromatic nitrogens is 2. The van der Waals surface area contributed by atoms with Gasteiger partial charge >= 0.3 is 0 Å². The number of nitrogens with zero attached hydrogens (tertiary/aromatic N) is 3. The van der Waals surface area contributed by atoms with Gasteiger partial charge in [0.1, 0.15) is 12.4 Å². The predicted molar refractivity (Wildman–Crippen MR) is 119 cm³/mol. The minimum Gasteiger partial charge on any atom is -0.489 e. The van der Waals surface area contributed by atoms with Crippen molar-refractivity contribution in [2.45, 2.75) is 19.6 Å². The highest BCUT2D eigenvalue weighted by Gasteiger charge is 2.22. The zero-order chi connectivity index (χ0) is 21.4. The zero-order valence-corrected chi connectivity index (χ0v) is 17.3. The summed E-state index contributed by atoms with van der Waals surface area (Å²) in [6.07, 6.45) is 3.50. The molecule has 0 aliphatic carbocycles. The van der Waals surface area contributed by atoms with Crippen LogP contribution < -0.4 is 10.3 Å². The Morgan fingerprint density at radius 3 is 2.68 bits per heavy atom. The van der Waals surface area contributed by atoms with Gasteiger partial charge in [0.15, 0.2) is 0 Å². The van der Waals surface area contributed by atoms with E-state index in [-0.39, 0.29) is 5.56 Å². The Balaban J connectivity index is 1.45. The summed E-state index contributed by atoms with van der Waals surface area (Å²) < 4.78 is 9.58. The Morgan fingerprint density at radius 1 is 1.06 bits per heavy atom. The summed E-state index contributed by atoms with van der Waals surface area (Å²) >= 11 is 0. The van der Waals surface area contributed by atoms with Crippen molar-refractivity contribution < 1.29 is 9.53 Å². The molecule has 0 radical (unpaired) electrons. The van der Waals surface area contributed by atoms with Crippen molar-refractivity contribution in [3.8, 4) is 11.4 Å². The lowest BCUT2D eigenvalue weighted by Crippen LogP contribution is -2.29. The van der Waals surface area contributed by atoms with E-state index in [0.717, 1.165) is 41.5 Å². The number of benzene rings is 2. The average Bonchev–Trinajstić information content (AvgIpc) is 3.09. The molecule has 2 aromatic carbocycles. The maximum atomic E-state index is 12.8. The fraction of sp³-hybridized carbons (Fsp3) is 0.200. The lowest BCUT2D eigenvalue weighted by molar-refractivity contribution is -0.118. The Bertz CT molecular complexity index is 1320. The van der Waals surface area contributed by atoms with E-state index >= 15 is 0 Å². The first-order valence-corrected chi connectivity index (χ1v) is 10.3. The number of amides is 1. The molecule has 4 aromatic rings. The van der Waals surface area contributed by atoms with Crippen LogP contribution in [0.3, 0.4) is 0 Å². The summed E-state index contributed by atoms with van der Waals surface area (Å²) in [7, 11) is 2.05. The third-order valence-electron chi connectivity index (χ3n) is 5.98. The maximum absolute atomic E-state index is 12.8. The molecule has 1 aliphatic heterocycles. The van der Waals surface area contributed by atoms with Crippen LogP contribution in [0.25, 0.3) is 16.6 Å². The molecule has 0 spiro atoms. The fourth-order valence-electron chi connectivity index (χ4n) is 4.33. The number of carbonyl (C=O) groups excluding carboxylic acids is 1. The van der Waals surface area contributed by atoms with Gasteiger partial charge in [-0.05, 0) is 23.8 Å². The van der Waals surface area contributed by atoms with E-state index in [9.17, 15) is 9.59 Å². The SMILES string of the molecule is Cn1c2c(c3ccc(-n4ccc(OCc5ccccc5)cc4=O)cc31)CN(C=O)CC2. The quantitative estimate of drug-likeness (QED) is 0.471. The summed E-state index contributed by atoms with van der Waals surface area (Å²) in [4.78, 5) is 25.8. The van der Waals surface area contributed by atoms with Gasteiger partial charge in [-0.25, -0.2) is 0 Å². The van der Waals surface area contributed by atoms with Crippen LogP contribution in [0, 0.1) is 0 Å². The van der Waals surface area contributed by atoms with Gasteiger partial charge in [0.05, 0.1) is 11.2 Å². The first kappa shape index (κ1) is 19.2. The summed E-state index contributed by atoms with van der Waals surface area (Å²) in [6, 6.07) is 19.2. The van der Waals surface area contributed by atoms with Gasteiger partial charge in [0, 0.05) is 55.5 Å². The highest BCUT2D eigenvalue weighted by atomic mass is 16.5. The molecule has 156 valence electrons. The summed E-state index contributed by atoms with van der Waals surface area (Å²) in [5.74, 6) is 0.550. The molecule has 5 rings (SSSR count). The molecule has 0 fully saturated rings. The first-order chi connectivity index (χ1) is 15.1. The van der Waals surface area contributed by atoms with Crippen molar-refractivity contribution >= 4 is 17.3 Å². The number of aryl methyl sites for hydroxylation is 1. The van der Waals surface area contributed by atoms with Crippen LogP contribution in [0.5, 0.6) is 5.75 Å². The minimum absolute atomic E-state index is 0.143. The van der Waals surface area contributed by atoms with Crippen LogP contribution in [0.2, 0.25) is 0 Å². The molecule has 6 nitrogen and oxygen atoms in total. The lowest BCUT2D eigenvalue weighted by Gasteiger charge is -2.23. The molecule has 3 heterocycles. The number of rotatable bonds is 5. The molecule has 0 bridgehead atoms. The van der Waals surface area contributed by atoms with Crippen LogP contribution in [-0.4, -0.2) is 27.0 Å². The van der Waals surface area contributed by atoms with Crippen molar-refractivity contribution in [3.05, 3.63) is 94.0 Å². The number of fused-ring (bicyclic) bond motifs is 3. The van der Waals surface area contributed by atoms with Crippen molar-refractivity contribution in [2.24, 2.45) is 7.05 Å². The lowest BCUT2D eigenvalue weighted by atomic mass is 10.0. The monoisotopic (exact) mass is 413 g/mol. The van der Waals surface area contributed by atoms with Crippen LogP contribution in [0.1, 0.15) is 16.8 Å². The summed E-state index contributed by atoms with van der Waals surface area (Å²) in [5.41, 5.74) is 5.22. The van der Waals surface area contributed by atoms with Crippen molar-refractivity contribution in [1.82, 2.24) is 14.0 Å². The van der Waals surface area contributed by atoms with E-state index in [1.807, 2.05) is 61.6 Å². The standard InChI is InChI=1S/C25H23N3O3/c1-26-23-10-11-27(17-29)15-22(23)21-8-7-19(13-24(21)26)28-12-9-20(14-25(28)30)31-16-18-5-3-2-4-6-18/h2-9,12-14,17H,10-11,15-16H2,1H3. The summed E-state index contributed by atoms with van der Waals surface area (Å²) in [6.45, 7) is 1.78. The molecule has 6 heteroatoms. The zero-order valence-electron chi connectivity index (χ0n) is 17.3. The third-order valence-corrected chi connectivity index (χ3v) is 5.98. The minimum atomic E-state index is -0.143. The second-order valence-electron chi connectivity index (χ2n) is 7.86. The molecule has 1 aliphatic rings. The van der Waals surface area contributed by atoms with Crippen LogP contribution in [0.15, 0.2) is 71.7 Å². The van der Waals surface area contributed by atoms with E-state index < -0.39 is 0 Å². The molecule has 0 N–H and O–H groups in total. The Morgan fingerprint density at radius 2 is 1.90 bits per heavy atom. The van der Waals surface area contributed by atoms with Crippen LogP contribution >= 0.6 is 0 Å². The van der Waals surface area contributed by atoms with Gasteiger partial charge in [0.25, 0.3) is 5.56 Å².